The van der Waals surface area contributed by atoms with E-state index in [1.165, 1.54) is 5.56 Å². The number of carbonyl (C=O) groups excluding carboxylic acids is 1. The molecule has 0 bridgehead atoms. The molecule has 2 heterocycles. The Morgan fingerprint density at radius 1 is 1.07 bits per heavy atom. The molecular weight excluding hydrogens is 342 g/mol. The van der Waals surface area contributed by atoms with Crippen molar-refractivity contribution in [2.75, 3.05) is 50.8 Å². The van der Waals surface area contributed by atoms with Gasteiger partial charge in [0.05, 0.1) is 12.2 Å². The molecule has 1 aliphatic heterocycles. The average Bonchev–Trinajstić information content (AvgIpc) is 2.70. The van der Waals surface area contributed by atoms with E-state index < -0.39 is 0 Å². The van der Waals surface area contributed by atoms with Crippen LogP contribution in [0.1, 0.15) is 22.8 Å². The molecule has 0 saturated carbocycles. The summed E-state index contributed by atoms with van der Waals surface area (Å²) in [7, 11) is 0. The molecule has 1 fully saturated rings. The lowest BCUT2D eigenvalue weighted by Gasteiger charge is -2.35. The molecule has 0 radical (unpaired) electrons. The van der Waals surface area contributed by atoms with Crippen molar-refractivity contribution in [2.45, 2.75) is 13.8 Å². The third kappa shape index (κ3) is 5.44. The van der Waals surface area contributed by atoms with Gasteiger partial charge in [-0.25, -0.2) is 9.78 Å². The van der Waals surface area contributed by atoms with Crippen LogP contribution in [0.5, 0.6) is 5.75 Å². The Balaban J connectivity index is 1.42. The van der Waals surface area contributed by atoms with Crippen LogP contribution in [0.25, 0.3) is 0 Å². The maximum atomic E-state index is 11.7. The number of esters is 1. The number of ether oxygens (including phenoxy) is 2. The van der Waals surface area contributed by atoms with Gasteiger partial charge in [0.1, 0.15) is 18.2 Å². The van der Waals surface area contributed by atoms with E-state index in [0.717, 1.165) is 44.3 Å². The van der Waals surface area contributed by atoms with E-state index in [4.69, 9.17) is 9.47 Å². The van der Waals surface area contributed by atoms with Gasteiger partial charge in [0.2, 0.25) is 0 Å². The topological polar surface area (TPSA) is 54.9 Å². The number of carbonyl (C=O) groups is 1. The number of piperazine rings is 1. The van der Waals surface area contributed by atoms with Crippen LogP contribution >= 0.6 is 0 Å². The monoisotopic (exact) mass is 369 g/mol. The maximum Gasteiger partial charge on any atom is 0.339 e. The van der Waals surface area contributed by atoms with Crippen molar-refractivity contribution >= 4 is 11.8 Å². The first-order valence-electron chi connectivity index (χ1n) is 9.45. The van der Waals surface area contributed by atoms with Gasteiger partial charge < -0.3 is 14.4 Å². The molecule has 0 N–H and O–H groups in total. The van der Waals surface area contributed by atoms with E-state index in [9.17, 15) is 4.79 Å². The highest BCUT2D eigenvalue weighted by atomic mass is 16.5. The predicted molar refractivity (Wildman–Crippen MR) is 106 cm³/mol. The van der Waals surface area contributed by atoms with E-state index in [-0.39, 0.29) is 5.97 Å². The molecule has 0 aliphatic carbocycles. The van der Waals surface area contributed by atoms with Crippen molar-refractivity contribution in [3.63, 3.8) is 0 Å². The molecule has 0 unspecified atom stereocenters. The standard InChI is InChI=1S/C21H27N3O3/c1-3-26-21(25)18-6-9-20(22-16-18)24-12-10-23(11-13-24)14-15-27-19-7-4-17(2)5-8-19/h4-9,16H,3,10-15H2,1-2H3. The Bertz CT molecular complexity index is 723. The number of benzene rings is 1. The number of hydrogen-bond acceptors (Lipinski definition) is 6. The number of nitrogens with zero attached hydrogens (tertiary/aromatic N) is 3. The Hall–Kier alpha value is -2.60. The third-order valence-electron chi connectivity index (χ3n) is 4.65. The molecule has 3 rings (SSSR count). The van der Waals surface area contributed by atoms with Crippen molar-refractivity contribution in [1.82, 2.24) is 9.88 Å². The van der Waals surface area contributed by atoms with Crippen LogP contribution in [0.2, 0.25) is 0 Å². The number of rotatable bonds is 7. The molecular formula is C21H27N3O3. The molecule has 1 aromatic heterocycles. The molecule has 1 aromatic carbocycles. The summed E-state index contributed by atoms with van der Waals surface area (Å²) in [5.41, 5.74) is 1.73. The van der Waals surface area contributed by atoms with Gasteiger partial charge >= 0.3 is 5.97 Å². The molecule has 0 spiro atoms. The van der Waals surface area contributed by atoms with Gasteiger partial charge in [0.25, 0.3) is 0 Å². The Labute approximate surface area is 160 Å². The van der Waals surface area contributed by atoms with E-state index in [0.29, 0.717) is 18.8 Å². The SMILES string of the molecule is CCOC(=O)c1ccc(N2CCN(CCOc3ccc(C)cc3)CC2)nc1. The minimum atomic E-state index is -0.324. The summed E-state index contributed by atoms with van der Waals surface area (Å²) in [5.74, 6) is 1.50. The molecule has 6 nitrogen and oxygen atoms in total. The van der Waals surface area contributed by atoms with Gasteiger partial charge in [-0.15, -0.1) is 0 Å². The Morgan fingerprint density at radius 2 is 1.81 bits per heavy atom. The number of hydrogen-bond donors (Lipinski definition) is 0. The lowest BCUT2D eigenvalue weighted by molar-refractivity contribution is 0.0526. The van der Waals surface area contributed by atoms with Gasteiger partial charge in [-0.05, 0) is 38.1 Å². The molecule has 1 saturated heterocycles. The summed E-state index contributed by atoms with van der Waals surface area (Å²) in [6, 6.07) is 11.8. The Kier molecular flexibility index (Phi) is 6.65. The second kappa shape index (κ2) is 9.37. The van der Waals surface area contributed by atoms with Crippen molar-refractivity contribution in [2.24, 2.45) is 0 Å². The summed E-state index contributed by atoms with van der Waals surface area (Å²) in [6.45, 7) is 9.61. The second-order valence-corrected chi connectivity index (χ2v) is 6.62. The summed E-state index contributed by atoms with van der Waals surface area (Å²) < 4.78 is 10.8. The normalized spacial score (nSPS) is 14.8. The van der Waals surface area contributed by atoms with E-state index >= 15 is 0 Å². The Morgan fingerprint density at radius 3 is 2.44 bits per heavy atom. The zero-order valence-electron chi connectivity index (χ0n) is 16.1. The fourth-order valence-electron chi connectivity index (χ4n) is 3.04. The highest BCUT2D eigenvalue weighted by Gasteiger charge is 2.18. The summed E-state index contributed by atoms with van der Waals surface area (Å²) in [5, 5.41) is 0. The molecule has 2 aromatic rings. The van der Waals surface area contributed by atoms with Crippen LogP contribution in [0.3, 0.4) is 0 Å². The van der Waals surface area contributed by atoms with Crippen molar-refractivity contribution in [3.8, 4) is 5.75 Å². The molecule has 0 atom stereocenters. The highest BCUT2D eigenvalue weighted by Crippen LogP contribution is 2.15. The van der Waals surface area contributed by atoms with E-state index in [1.54, 1.807) is 19.2 Å². The number of aromatic nitrogens is 1. The number of pyridine rings is 1. The maximum absolute atomic E-state index is 11.7. The summed E-state index contributed by atoms with van der Waals surface area (Å²) >= 11 is 0. The van der Waals surface area contributed by atoms with E-state index in [2.05, 4.69) is 33.8 Å². The van der Waals surface area contributed by atoms with Crippen molar-refractivity contribution in [1.29, 1.82) is 0 Å². The van der Waals surface area contributed by atoms with Gasteiger partial charge in [-0.1, -0.05) is 17.7 Å². The van der Waals surface area contributed by atoms with Crippen molar-refractivity contribution in [3.05, 3.63) is 53.7 Å². The second-order valence-electron chi connectivity index (χ2n) is 6.62. The first kappa shape index (κ1) is 19.2. The third-order valence-corrected chi connectivity index (χ3v) is 4.65. The fourth-order valence-corrected chi connectivity index (χ4v) is 3.04. The van der Waals surface area contributed by atoms with Gasteiger partial charge in [0, 0.05) is 38.9 Å². The number of anilines is 1. The molecule has 144 valence electrons. The zero-order valence-corrected chi connectivity index (χ0v) is 16.1. The quantitative estimate of drug-likeness (QED) is 0.700. The fraction of sp³-hybridized carbons (Fsp3) is 0.429. The first-order valence-corrected chi connectivity index (χ1v) is 9.45. The largest absolute Gasteiger partial charge is 0.492 e. The van der Waals surface area contributed by atoms with Crippen LogP contribution in [0, 0.1) is 6.92 Å². The van der Waals surface area contributed by atoms with Crippen LogP contribution in [0.15, 0.2) is 42.6 Å². The highest BCUT2D eigenvalue weighted by molar-refractivity contribution is 5.89. The minimum absolute atomic E-state index is 0.324. The molecule has 1 aliphatic rings. The minimum Gasteiger partial charge on any atom is -0.492 e. The number of aryl methyl sites for hydroxylation is 1. The summed E-state index contributed by atoms with van der Waals surface area (Å²) in [4.78, 5) is 20.8. The molecule has 0 amide bonds. The van der Waals surface area contributed by atoms with Crippen molar-refractivity contribution < 1.29 is 14.3 Å². The molecule has 27 heavy (non-hydrogen) atoms. The smallest absolute Gasteiger partial charge is 0.339 e. The van der Waals surface area contributed by atoms with Gasteiger partial charge in [-0.2, -0.15) is 0 Å². The first-order chi connectivity index (χ1) is 13.2. The van der Waals surface area contributed by atoms with Crippen LogP contribution in [0.4, 0.5) is 5.82 Å². The predicted octanol–water partition coefficient (Wildman–Crippen LogP) is 2.77. The van der Waals surface area contributed by atoms with Crippen LogP contribution < -0.4 is 9.64 Å². The average molecular weight is 369 g/mol. The van der Waals surface area contributed by atoms with Gasteiger partial charge in [-0.3, -0.25) is 4.90 Å². The van der Waals surface area contributed by atoms with E-state index in [1.807, 2.05) is 18.2 Å². The van der Waals surface area contributed by atoms with Crippen LogP contribution in [-0.4, -0.2) is 61.8 Å². The lowest BCUT2D eigenvalue weighted by atomic mass is 10.2. The summed E-state index contributed by atoms with van der Waals surface area (Å²) in [6.07, 6.45) is 1.59. The molecule has 6 heteroatoms. The van der Waals surface area contributed by atoms with Crippen LogP contribution in [-0.2, 0) is 4.74 Å². The lowest BCUT2D eigenvalue weighted by Crippen LogP contribution is -2.47. The zero-order chi connectivity index (χ0) is 19.1. The van der Waals surface area contributed by atoms with Gasteiger partial charge in [0.15, 0.2) is 0 Å².